The number of ether oxygens (including phenoxy) is 1. The third kappa shape index (κ3) is 5.40. The number of carbonyl (C=O) groups excluding carboxylic acids is 1. The number of hydrogen-bond acceptors (Lipinski definition) is 6. The first-order valence-corrected chi connectivity index (χ1v) is 13.3. The van der Waals surface area contributed by atoms with Crippen molar-refractivity contribution in [2.75, 3.05) is 49.9 Å². The van der Waals surface area contributed by atoms with E-state index >= 15 is 0 Å². The number of likely N-dealkylation sites (tertiary alicyclic amines) is 2. The fourth-order valence-electron chi connectivity index (χ4n) is 5.98. The van der Waals surface area contributed by atoms with Gasteiger partial charge in [-0.05, 0) is 62.2 Å². The third-order valence-electron chi connectivity index (χ3n) is 8.04. The van der Waals surface area contributed by atoms with Crippen molar-refractivity contribution < 1.29 is 9.53 Å². The van der Waals surface area contributed by atoms with Gasteiger partial charge in [-0.3, -0.25) is 9.69 Å². The Morgan fingerprint density at radius 1 is 1.09 bits per heavy atom. The standard InChI is InChI=1S/C28H39N5O2/c1-2-14-32-17-10-28(35-25-6-4-3-5-24(25)32)11-18-33(19-12-28)27(34)23-8-15-31(16-9-23)21-22-7-13-30-26(29)20-22/h3-7,13,20,23H,2,8-12,14-19,21H2,1H3,(H2,29,30). The van der Waals surface area contributed by atoms with E-state index < -0.39 is 0 Å². The van der Waals surface area contributed by atoms with Crippen LogP contribution in [0.1, 0.15) is 51.0 Å². The molecule has 1 spiro atoms. The van der Waals surface area contributed by atoms with Crippen LogP contribution in [0, 0.1) is 5.92 Å². The summed E-state index contributed by atoms with van der Waals surface area (Å²) >= 11 is 0. The highest BCUT2D eigenvalue weighted by Gasteiger charge is 2.41. The summed E-state index contributed by atoms with van der Waals surface area (Å²) in [6.07, 6.45) is 7.58. The zero-order chi connectivity index (χ0) is 24.3. The molecular formula is C28H39N5O2. The van der Waals surface area contributed by atoms with E-state index in [0.717, 1.165) is 90.1 Å². The van der Waals surface area contributed by atoms with Crippen LogP contribution in [-0.2, 0) is 11.3 Å². The van der Waals surface area contributed by atoms with E-state index in [0.29, 0.717) is 11.7 Å². The van der Waals surface area contributed by atoms with Crippen LogP contribution in [0.4, 0.5) is 11.5 Å². The fraction of sp³-hybridized carbons (Fsp3) is 0.571. The summed E-state index contributed by atoms with van der Waals surface area (Å²) < 4.78 is 6.71. The molecule has 2 N–H and O–H groups in total. The summed E-state index contributed by atoms with van der Waals surface area (Å²) in [7, 11) is 0. The molecule has 1 aromatic carbocycles. The zero-order valence-corrected chi connectivity index (χ0v) is 21.0. The van der Waals surface area contributed by atoms with Crippen LogP contribution in [0.15, 0.2) is 42.6 Å². The molecule has 188 valence electrons. The molecule has 1 amide bonds. The zero-order valence-electron chi connectivity index (χ0n) is 21.0. The van der Waals surface area contributed by atoms with Crippen molar-refractivity contribution in [3.8, 4) is 5.75 Å². The van der Waals surface area contributed by atoms with Crippen molar-refractivity contribution >= 4 is 17.4 Å². The minimum atomic E-state index is -0.162. The minimum Gasteiger partial charge on any atom is -0.485 e. The molecule has 0 unspecified atom stereocenters. The van der Waals surface area contributed by atoms with Crippen molar-refractivity contribution in [2.24, 2.45) is 5.92 Å². The Kier molecular flexibility index (Phi) is 7.14. The second kappa shape index (κ2) is 10.4. The molecule has 35 heavy (non-hydrogen) atoms. The summed E-state index contributed by atoms with van der Waals surface area (Å²) in [6.45, 7) is 8.65. The van der Waals surface area contributed by atoms with Gasteiger partial charge in [0.15, 0.2) is 0 Å². The Labute approximate surface area is 209 Å². The van der Waals surface area contributed by atoms with E-state index in [1.54, 1.807) is 6.20 Å². The number of pyridine rings is 1. The summed E-state index contributed by atoms with van der Waals surface area (Å²) in [5, 5.41) is 0. The van der Waals surface area contributed by atoms with Crippen LogP contribution >= 0.6 is 0 Å². The average molecular weight is 478 g/mol. The molecule has 2 fully saturated rings. The van der Waals surface area contributed by atoms with Gasteiger partial charge in [0.05, 0.1) is 5.69 Å². The number of amides is 1. The Morgan fingerprint density at radius 3 is 2.57 bits per heavy atom. The highest BCUT2D eigenvalue weighted by Crippen LogP contribution is 2.40. The summed E-state index contributed by atoms with van der Waals surface area (Å²) in [5.41, 5.74) is 8.06. The SMILES string of the molecule is CCCN1CCC2(CCN(C(=O)C3CCN(Cc4ccnc(N)c4)CC3)CC2)Oc2ccccc21. The maximum atomic E-state index is 13.4. The van der Waals surface area contributed by atoms with Gasteiger partial charge >= 0.3 is 0 Å². The van der Waals surface area contributed by atoms with Crippen molar-refractivity contribution in [3.05, 3.63) is 48.2 Å². The van der Waals surface area contributed by atoms with Crippen molar-refractivity contribution in [2.45, 2.75) is 57.6 Å². The first-order chi connectivity index (χ1) is 17.0. The number of hydrogen-bond donors (Lipinski definition) is 1. The molecule has 0 atom stereocenters. The van der Waals surface area contributed by atoms with E-state index in [-0.39, 0.29) is 11.5 Å². The molecule has 3 aliphatic rings. The molecule has 7 nitrogen and oxygen atoms in total. The summed E-state index contributed by atoms with van der Waals surface area (Å²) in [5.74, 6) is 2.05. The van der Waals surface area contributed by atoms with Crippen molar-refractivity contribution in [1.29, 1.82) is 0 Å². The second-order valence-corrected chi connectivity index (χ2v) is 10.5. The first kappa shape index (κ1) is 23.9. The Morgan fingerprint density at radius 2 is 1.83 bits per heavy atom. The van der Waals surface area contributed by atoms with Gasteiger partial charge in [-0.25, -0.2) is 4.98 Å². The predicted octanol–water partition coefficient (Wildman–Crippen LogP) is 3.94. The smallest absolute Gasteiger partial charge is 0.225 e. The van der Waals surface area contributed by atoms with Gasteiger partial charge < -0.3 is 20.3 Å². The number of fused-ring (bicyclic) bond motifs is 1. The fourth-order valence-corrected chi connectivity index (χ4v) is 5.98. The lowest BCUT2D eigenvalue weighted by atomic mass is 9.86. The monoisotopic (exact) mass is 477 g/mol. The van der Waals surface area contributed by atoms with Crippen LogP contribution < -0.4 is 15.4 Å². The molecule has 2 aromatic rings. The van der Waals surface area contributed by atoms with E-state index in [2.05, 4.69) is 50.9 Å². The Bertz CT molecular complexity index is 1010. The van der Waals surface area contributed by atoms with Crippen molar-refractivity contribution in [3.63, 3.8) is 0 Å². The molecule has 0 bridgehead atoms. The molecule has 7 heteroatoms. The molecule has 0 saturated carbocycles. The van der Waals surface area contributed by atoms with Crippen LogP contribution in [0.2, 0.25) is 0 Å². The van der Waals surface area contributed by atoms with E-state index in [1.165, 1.54) is 11.3 Å². The Balaban J connectivity index is 1.15. The highest BCUT2D eigenvalue weighted by molar-refractivity contribution is 5.79. The normalized spacial score (nSPS) is 20.8. The lowest BCUT2D eigenvalue weighted by molar-refractivity contribution is -0.140. The number of aromatic nitrogens is 1. The summed E-state index contributed by atoms with van der Waals surface area (Å²) in [4.78, 5) is 24.4. The van der Waals surface area contributed by atoms with Gasteiger partial charge in [-0.1, -0.05) is 19.1 Å². The first-order valence-electron chi connectivity index (χ1n) is 13.3. The molecule has 0 radical (unpaired) electrons. The molecule has 1 aromatic heterocycles. The number of nitrogens with zero attached hydrogens (tertiary/aromatic N) is 4. The third-order valence-corrected chi connectivity index (χ3v) is 8.04. The van der Waals surface area contributed by atoms with Gasteiger partial charge in [0, 0.05) is 64.1 Å². The summed E-state index contributed by atoms with van der Waals surface area (Å²) in [6, 6.07) is 12.4. The van der Waals surface area contributed by atoms with Crippen LogP contribution in [0.25, 0.3) is 0 Å². The molecular weight excluding hydrogens is 438 g/mol. The van der Waals surface area contributed by atoms with Gasteiger partial charge in [0.25, 0.3) is 0 Å². The van der Waals surface area contributed by atoms with Gasteiger partial charge in [-0.15, -0.1) is 0 Å². The molecule has 4 heterocycles. The number of carbonyl (C=O) groups is 1. The van der Waals surface area contributed by atoms with E-state index in [4.69, 9.17) is 10.5 Å². The highest BCUT2D eigenvalue weighted by atomic mass is 16.5. The molecule has 2 saturated heterocycles. The number of piperidine rings is 2. The van der Waals surface area contributed by atoms with Crippen LogP contribution in [0.3, 0.4) is 0 Å². The largest absolute Gasteiger partial charge is 0.485 e. The van der Waals surface area contributed by atoms with E-state index in [1.807, 2.05) is 12.1 Å². The van der Waals surface area contributed by atoms with Gasteiger partial charge in [0.1, 0.15) is 17.2 Å². The number of para-hydroxylation sites is 2. The average Bonchev–Trinajstić information content (AvgIpc) is 3.02. The number of benzene rings is 1. The minimum absolute atomic E-state index is 0.138. The Hall–Kier alpha value is -2.80. The lowest BCUT2D eigenvalue weighted by Crippen LogP contribution is -2.52. The quantitative estimate of drug-likeness (QED) is 0.703. The van der Waals surface area contributed by atoms with Crippen LogP contribution in [0.5, 0.6) is 5.75 Å². The van der Waals surface area contributed by atoms with Crippen LogP contribution in [-0.4, -0.2) is 65.6 Å². The van der Waals surface area contributed by atoms with Gasteiger partial charge in [0.2, 0.25) is 5.91 Å². The topological polar surface area (TPSA) is 74.9 Å². The number of rotatable bonds is 5. The maximum Gasteiger partial charge on any atom is 0.225 e. The van der Waals surface area contributed by atoms with E-state index in [9.17, 15) is 4.79 Å². The van der Waals surface area contributed by atoms with Gasteiger partial charge in [-0.2, -0.15) is 0 Å². The lowest BCUT2D eigenvalue weighted by Gasteiger charge is -2.43. The molecule has 5 rings (SSSR count). The maximum absolute atomic E-state index is 13.4. The number of nitrogen functional groups attached to an aromatic ring is 1. The number of anilines is 2. The second-order valence-electron chi connectivity index (χ2n) is 10.5. The number of nitrogens with two attached hydrogens (primary N) is 1. The molecule has 3 aliphatic heterocycles. The molecule has 0 aliphatic carbocycles. The van der Waals surface area contributed by atoms with Crippen molar-refractivity contribution in [1.82, 2.24) is 14.8 Å². The predicted molar refractivity (Wildman–Crippen MR) is 139 cm³/mol.